The average molecular weight is 298 g/mol. The van der Waals surface area contributed by atoms with Gasteiger partial charge in [-0.25, -0.2) is 0 Å². The first-order valence-corrected chi connectivity index (χ1v) is 9.45. The minimum Gasteiger partial charge on any atom is -0.306 e. The van der Waals surface area contributed by atoms with E-state index in [2.05, 4.69) is 60.7 Å². The molecule has 0 aromatic carbocycles. The van der Waals surface area contributed by atoms with E-state index in [1.54, 1.807) is 0 Å². The summed E-state index contributed by atoms with van der Waals surface area (Å²) in [5.74, 6) is 1.66. The Morgan fingerprint density at radius 2 is 1.05 bits per heavy atom. The molecule has 0 heterocycles. The minimum absolute atomic E-state index is 0.303. The molecule has 0 aliphatic rings. The molecule has 1 heteroatoms. The van der Waals surface area contributed by atoms with Gasteiger partial charge in [0.15, 0.2) is 0 Å². The molecule has 0 rings (SSSR count). The molecule has 0 aromatic heterocycles. The fraction of sp³-hybridized carbons (Fsp3) is 1.00. The molecule has 0 bridgehead atoms. The molecule has 1 N–H and O–H groups in total. The number of nitrogens with one attached hydrogen (secondary N) is 1. The predicted octanol–water partition coefficient (Wildman–Crippen LogP) is 6.57. The van der Waals surface area contributed by atoms with Crippen molar-refractivity contribution in [3.05, 3.63) is 0 Å². The van der Waals surface area contributed by atoms with Gasteiger partial charge in [0.2, 0.25) is 0 Å². The normalized spacial score (nSPS) is 18.0. The van der Waals surface area contributed by atoms with Crippen molar-refractivity contribution in [2.75, 3.05) is 0 Å². The highest BCUT2D eigenvalue weighted by atomic mass is 15.0. The maximum atomic E-state index is 4.05. The third kappa shape index (κ3) is 9.55. The summed E-state index contributed by atoms with van der Waals surface area (Å²) < 4.78 is 0. The van der Waals surface area contributed by atoms with Crippen LogP contribution in [0.3, 0.4) is 0 Å². The van der Waals surface area contributed by atoms with Crippen molar-refractivity contribution in [3.63, 3.8) is 0 Å². The molecule has 2 unspecified atom stereocenters. The van der Waals surface area contributed by atoms with Crippen molar-refractivity contribution < 1.29 is 0 Å². The van der Waals surface area contributed by atoms with Crippen molar-refractivity contribution in [1.82, 2.24) is 5.32 Å². The SMILES string of the molecule is CCC(C)(CCCC(C)C)NC(C)(CC)CCCC(C)C. The van der Waals surface area contributed by atoms with Gasteiger partial charge in [-0.15, -0.1) is 0 Å². The molecule has 128 valence electrons. The van der Waals surface area contributed by atoms with Crippen molar-refractivity contribution in [1.29, 1.82) is 0 Å². The number of hydrogen-bond acceptors (Lipinski definition) is 1. The Hall–Kier alpha value is -0.0400. The molecule has 0 aliphatic carbocycles. The van der Waals surface area contributed by atoms with Crippen molar-refractivity contribution in [3.8, 4) is 0 Å². The third-order valence-corrected chi connectivity index (χ3v) is 5.18. The largest absolute Gasteiger partial charge is 0.306 e. The van der Waals surface area contributed by atoms with Gasteiger partial charge in [-0.1, -0.05) is 67.2 Å². The Kier molecular flexibility index (Phi) is 9.85. The second-order valence-corrected chi connectivity index (χ2v) is 8.53. The first-order valence-electron chi connectivity index (χ1n) is 9.45. The zero-order chi connectivity index (χ0) is 16.5. The second-order valence-electron chi connectivity index (χ2n) is 8.53. The zero-order valence-electron chi connectivity index (χ0n) is 16.3. The summed E-state index contributed by atoms with van der Waals surface area (Å²) in [7, 11) is 0. The lowest BCUT2D eigenvalue weighted by atomic mass is 9.83. The molecule has 2 atom stereocenters. The van der Waals surface area contributed by atoms with E-state index in [4.69, 9.17) is 0 Å². The van der Waals surface area contributed by atoms with Gasteiger partial charge in [-0.2, -0.15) is 0 Å². The van der Waals surface area contributed by atoms with E-state index in [1.165, 1.54) is 51.4 Å². The van der Waals surface area contributed by atoms with Gasteiger partial charge >= 0.3 is 0 Å². The summed E-state index contributed by atoms with van der Waals surface area (Å²) in [5.41, 5.74) is 0.606. The summed E-state index contributed by atoms with van der Waals surface area (Å²) in [6, 6.07) is 0. The highest BCUT2D eigenvalue weighted by Gasteiger charge is 2.31. The topological polar surface area (TPSA) is 12.0 Å². The van der Waals surface area contributed by atoms with Gasteiger partial charge in [-0.05, 0) is 51.4 Å². The molecule has 0 saturated heterocycles. The van der Waals surface area contributed by atoms with Gasteiger partial charge < -0.3 is 5.32 Å². The summed E-state index contributed by atoms with van der Waals surface area (Å²) in [5, 5.41) is 4.05. The molecule has 0 aromatic rings. The number of hydrogen-bond donors (Lipinski definition) is 1. The first-order chi connectivity index (χ1) is 9.66. The maximum absolute atomic E-state index is 4.05. The third-order valence-electron chi connectivity index (χ3n) is 5.18. The van der Waals surface area contributed by atoms with Gasteiger partial charge in [0.05, 0.1) is 0 Å². The Morgan fingerprint density at radius 1 is 0.714 bits per heavy atom. The van der Waals surface area contributed by atoms with Gasteiger partial charge in [0, 0.05) is 11.1 Å². The molecule has 0 aliphatic heterocycles. The highest BCUT2D eigenvalue weighted by molar-refractivity contribution is 4.92. The van der Waals surface area contributed by atoms with E-state index in [9.17, 15) is 0 Å². The molecule has 0 spiro atoms. The molecule has 0 fully saturated rings. The van der Waals surface area contributed by atoms with Gasteiger partial charge in [-0.3, -0.25) is 0 Å². The number of rotatable bonds is 12. The zero-order valence-corrected chi connectivity index (χ0v) is 16.3. The van der Waals surface area contributed by atoms with E-state index in [0.29, 0.717) is 11.1 Å². The van der Waals surface area contributed by atoms with E-state index in [0.717, 1.165) is 11.8 Å². The van der Waals surface area contributed by atoms with Crippen molar-refractivity contribution >= 4 is 0 Å². The van der Waals surface area contributed by atoms with Gasteiger partial charge in [0.1, 0.15) is 0 Å². The van der Waals surface area contributed by atoms with Crippen molar-refractivity contribution in [2.45, 2.75) is 118 Å². The summed E-state index contributed by atoms with van der Waals surface area (Å²) in [6.07, 6.45) is 10.5. The molecule has 21 heavy (non-hydrogen) atoms. The molecule has 1 nitrogen and oxygen atoms in total. The molecular formula is C20H43N. The average Bonchev–Trinajstić information content (AvgIpc) is 2.37. The van der Waals surface area contributed by atoms with Crippen LogP contribution in [0.5, 0.6) is 0 Å². The smallest absolute Gasteiger partial charge is 0.0155 e. The predicted molar refractivity (Wildman–Crippen MR) is 97.9 cm³/mol. The Labute approximate surface area is 135 Å². The van der Waals surface area contributed by atoms with Crippen LogP contribution >= 0.6 is 0 Å². The summed E-state index contributed by atoms with van der Waals surface area (Å²) >= 11 is 0. The molecule has 0 radical (unpaired) electrons. The monoisotopic (exact) mass is 297 g/mol. The molecule has 0 saturated carbocycles. The van der Waals surface area contributed by atoms with Crippen molar-refractivity contribution in [2.24, 2.45) is 11.8 Å². The Bertz CT molecular complexity index is 233. The van der Waals surface area contributed by atoms with Crippen LogP contribution in [0.15, 0.2) is 0 Å². The van der Waals surface area contributed by atoms with Crippen LogP contribution in [0, 0.1) is 11.8 Å². The van der Waals surface area contributed by atoms with Crippen LogP contribution in [-0.4, -0.2) is 11.1 Å². The minimum atomic E-state index is 0.303. The lowest BCUT2D eigenvalue weighted by Crippen LogP contribution is -2.54. The molecular weight excluding hydrogens is 254 g/mol. The second kappa shape index (κ2) is 9.87. The van der Waals surface area contributed by atoms with Gasteiger partial charge in [0.25, 0.3) is 0 Å². The quantitative estimate of drug-likeness (QED) is 0.430. The maximum Gasteiger partial charge on any atom is 0.0155 e. The van der Waals surface area contributed by atoms with E-state index in [1.807, 2.05) is 0 Å². The van der Waals surface area contributed by atoms with E-state index < -0.39 is 0 Å². The van der Waals surface area contributed by atoms with E-state index >= 15 is 0 Å². The Morgan fingerprint density at radius 3 is 1.29 bits per heavy atom. The van der Waals surface area contributed by atoms with Crippen LogP contribution in [-0.2, 0) is 0 Å². The first kappa shape index (κ1) is 21.0. The lowest BCUT2D eigenvalue weighted by molar-refractivity contribution is 0.186. The van der Waals surface area contributed by atoms with Crippen LogP contribution in [0.2, 0.25) is 0 Å². The van der Waals surface area contributed by atoms with Crippen LogP contribution in [0.25, 0.3) is 0 Å². The highest BCUT2D eigenvalue weighted by Crippen LogP contribution is 2.28. The standard InChI is InChI=1S/C20H43N/c1-9-19(7,15-11-13-17(3)4)21-20(8,10-2)16-12-14-18(5)6/h17-18,21H,9-16H2,1-8H3. The summed E-state index contributed by atoms with van der Waals surface area (Å²) in [6.45, 7) is 18.9. The summed E-state index contributed by atoms with van der Waals surface area (Å²) in [4.78, 5) is 0. The fourth-order valence-corrected chi connectivity index (χ4v) is 3.18. The van der Waals surface area contributed by atoms with Crippen LogP contribution < -0.4 is 5.32 Å². The fourth-order valence-electron chi connectivity index (χ4n) is 3.18. The Balaban J connectivity index is 4.48. The van der Waals surface area contributed by atoms with Crippen LogP contribution in [0.1, 0.15) is 107 Å². The lowest BCUT2D eigenvalue weighted by Gasteiger charge is -2.41. The molecule has 0 amide bonds. The van der Waals surface area contributed by atoms with E-state index in [-0.39, 0.29) is 0 Å². The van der Waals surface area contributed by atoms with Crippen LogP contribution in [0.4, 0.5) is 0 Å².